The van der Waals surface area contributed by atoms with E-state index in [0.717, 1.165) is 18.6 Å². The topological polar surface area (TPSA) is 75.4 Å². The number of ketones is 1. The Morgan fingerprint density at radius 2 is 1.97 bits per heavy atom. The molecule has 1 amide bonds. The zero-order chi connectivity index (χ0) is 25.5. The van der Waals surface area contributed by atoms with Gasteiger partial charge in [0.2, 0.25) is 0 Å². The summed E-state index contributed by atoms with van der Waals surface area (Å²) in [4.78, 5) is 28.4. The average molecular weight is 571 g/mol. The molecule has 2 aromatic carbocycles. The fraction of sp³-hybridized carbons (Fsp3) is 0.360. The molecule has 10 heteroatoms. The van der Waals surface area contributed by atoms with Crippen LogP contribution in [0.3, 0.4) is 0 Å². The van der Waals surface area contributed by atoms with E-state index in [1.165, 1.54) is 6.07 Å². The lowest BCUT2D eigenvalue weighted by molar-refractivity contribution is -0.121. The number of carbonyl (C=O) groups excluding carboxylic acids is 2. The highest BCUT2D eigenvalue weighted by atomic mass is 79.9. The van der Waals surface area contributed by atoms with Gasteiger partial charge in [0.25, 0.3) is 5.91 Å². The Balaban J connectivity index is 1.68. The smallest absolute Gasteiger partial charge is 0.261 e. The standard InChI is InChI=1S/C25H24BrClF3N3O2/c1-25-8-3-9-33(25)15(10-13-4-2-5-16(27)22(13)30)6-7-19(34)20(23(25)31)24(35)32-14-11-17(28)21(26)18(29)12-14/h2,4-5,11-12,15H,3,6-10,31H2,1H3,(H,32,35)/b23-20-/t15?,25-/m1/s1. The number of amides is 1. The van der Waals surface area contributed by atoms with Gasteiger partial charge in [0.05, 0.1) is 15.0 Å². The Hall–Kier alpha value is -2.36. The number of carbonyl (C=O) groups is 2. The SMILES string of the molecule is C[C@]12CCCN1C(Cc1cccc(Cl)c1F)CCC(=O)/C(C(=O)Nc1cc(F)c(Br)c(F)c1)=C\2N. The first-order valence-corrected chi connectivity index (χ1v) is 12.4. The van der Waals surface area contributed by atoms with Crippen molar-refractivity contribution in [2.75, 3.05) is 11.9 Å². The van der Waals surface area contributed by atoms with Crippen LogP contribution in [0.25, 0.3) is 0 Å². The van der Waals surface area contributed by atoms with Crippen molar-refractivity contribution in [3.8, 4) is 0 Å². The van der Waals surface area contributed by atoms with E-state index in [1.807, 2.05) is 6.92 Å². The van der Waals surface area contributed by atoms with Crippen molar-refractivity contribution >= 4 is 44.9 Å². The highest BCUT2D eigenvalue weighted by molar-refractivity contribution is 9.10. The Kier molecular flexibility index (Phi) is 7.31. The van der Waals surface area contributed by atoms with Crippen LogP contribution in [0.1, 0.15) is 38.2 Å². The van der Waals surface area contributed by atoms with Crippen molar-refractivity contribution in [1.82, 2.24) is 4.90 Å². The number of rotatable bonds is 4. The van der Waals surface area contributed by atoms with Gasteiger partial charge in [0.1, 0.15) is 23.0 Å². The van der Waals surface area contributed by atoms with Crippen LogP contribution >= 0.6 is 27.5 Å². The minimum absolute atomic E-state index is 0.00590. The number of nitrogens with zero attached hydrogens (tertiary/aromatic N) is 1. The number of anilines is 1. The quantitative estimate of drug-likeness (QED) is 0.376. The molecule has 35 heavy (non-hydrogen) atoms. The van der Waals surface area contributed by atoms with Crippen molar-refractivity contribution in [3.05, 3.63) is 74.1 Å². The molecule has 0 spiro atoms. The number of Topliss-reactive ketones (excluding diaryl/α,β-unsaturated/α-hetero) is 1. The summed E-state index contributed by atoms with van der Waals surface area (Å²) in [6.45, 7) is 2.53. The van der Waals surface area contributed by atoms with Gasteiger partial charge in [-0.3, -0.25) is 14.5 Å². The number of fused-ring (bicyclic) bond motifs is 1. The van der Waals surface area contributed by atoms with Crippen molar-refractivity contribution in [1.29, 1.82) is 0 Å². The van der Waals surface area contributed by atoms with Gasteiger partial charge in [-0.25, -0.2) is 13.2 Å². The molecule has 1 unspecified atom stereocenters. The second kappa shape index (κ2) is 9.95. The first-order chi connectivity index (χ1) is 16.5. The van der Waals surface area contributed by atoms with Crippen LogP contribution in [0.4, 0.5) is 18.9 Å². The molecular weight excluding hydrogens is 547 g/mol. The molecule has 0 aliphatic carbocycles. The second-order valence-electron chi connectivity index (χ2n) is 9.10. The summed E-state index contributed by atoms with van der Waals surface area (Å²) < 4.78 is 42.1. The molecule has 1 fully saturated rings. The molecule has 4 rings (SSSR count). The third-order valence-electron chi connectivity index (χ3n) is 6.93. The maximum Gasteiger partial charge on any atom is 0.261 e. The summed E-state index contributed by atoms with van der Waals surface area (Å²) in [7, 11) is 0. The van der Waals surface area contributed by atoms with Gasteiger partial charge in [-0.15, -0.1) is 0 Å². The van der Waals surface area contributed by atoms with Gasteiger partial charge >= 0.3 is 0 Å². The minimum Gasteiger partial charge on any atom is -0.400 e. The normalized spacial score (nSPS) is 25.2. The molecular formula is C25H24BrClF3N3O2. The fourth-order valence-electron chi connectivity index (χ4n) is 5.10. The predicted molar refractivity (Wildman–Crippen MR) is 131 cm³/mol. The van der Waals surface area contributed by atoms with Crippen molar-refractivity contribution in [2.24, 2.45) is 5.73 Å². The van der Waals surface area contributed by atoms with E-state index in [-0.39, 0.29) is 38.9 Å². The van der Waals surface area contributed by atoms with Gasteiger partial charge in [-0.2, -0.15) is 0 Å². The zero-order valence-corrected chi connectivity index (χ0v) is 21.3. The van der Waals surface area contributed by atoms with Gasteiger partial charge in [-0.05, 0) is 78.8 Å². The van der Waals surface area contributed by atoms with Crippen LogP contribution in [-0.2, 0) is 16.0 Å². The number of hydrogen-bond acceptors (Lipinski definition) is 4. The summed E-state index contributed by atoms with van der Waals surface area (Å²) >= 11 is 8.75. The van der Waals surface area contributed by atoms with E-state index in [2.05, 4.69) is 26.1 Å². The van der Waals surface area contributed by atoms with Gasteiger partial charge in [0, 0.05) is 23.8 Å². The number of nitrogens with two attached hydrogens (primary N) is 1. The van der Waals surface area contributed by atoms with Crippen molar-refractivity contribution < 1.29 is 22.8 Å². The number of halogens is 5. The Labute approximate surface area is 214 Å². The molecule has 2 atom stereocenters. The third-order valence-corrected chi connectivity index (χ3v) is 7.98. The fourth-order valence-corrected chi connectivity index (χ4v) is 5.52. The maximum atomic E-state index is 14.6. The molecule has 0 radical (unpaired) electrons. The van der Waals surface area contributed by atoms with Crippen molar-refractivity contribution in [2.45, 2.75) is 50.6 Å². The summed E-state index contributed by atoms with van der Waals surface area (Å²) in [5, 5.41) is 2.45. The molecule has 1 saturated heterocycles. The first kappa shape index (κ1) is 25.7. The van der Waals surface area contributed by atoms with Crippen LogP contribution in [0, 0.1) is 17.5 Å². The zero-order valence-electron chi connectivity index (χ0n) is 18.9. The summed E-state index contributed by atoms with van der Waals surface area (Å²) in [5.41, 5.74) is 5.90. The van der Waals surface area contributed by atoms with Crippen LogP contribution in [0.5, 0.6) is 0 Å². The lowest BCUT2D eigenvalue weighted by Gasteiger charge is -2.43. The van der Waals surface area contributed by atoms with Crippen LogP contribution in [-0.4, -0.2) is 34.7 Å². The monoisotopic (exact) mass is 569 g/mol. The van der Waals surface area contributed by atoms with Crippen LogP contribution < -0.4 is 11.1 Å². The molecule has 2 heterocycles. The molecule has 2 aromatic rings. The summed E-state index contributed by atoms with van der Waals surface area (Å²) in [6, 6.07) is 6.54. The molecule has 2 aliphatic rings. The second-order valence-corrected chi connectivity index (χ2v) is 10.3. The molecule has 2 aliphatic heterocycles. The van der Waals surface area contributed by atoms with E-state index < -0.39 is 34.7 Å². The first-order valence-electron chi connectivity index (χ1n) is 11.2. The number of nitrogens with one attached hydrogen (secondary N) is 1. The third kappa shape index (κ3) is 4.86. The van der Waals surface area contributed by atoms with E-state index in [0.29, 0.717) is 31.4 Å². The van der Waals surface area contributed by atoms with E-state index in [4.69, 9.17) is 17.3 Å². The number of benzene rings is 2. The highest BCUT2D eigenvalue weighted by Crippen LogP contribution is 2.40. The molecule has 0 saturated carbocycles. The summed E-state index contributed by atoms with van der Waals surface area (Å²) in [5.74, 6) is -3.56. The minimum atomic E-state index is -0.892. The van der Waals surface area contributed by atoms with Crippen LogP contribution in [0.15, 0.2) is 46.1 Å². The van der Waals surface area contributed by atoms with Crippen LogP contribution in [0.2, 0.25) is 5.02 Å². The molecule has 0 aromatic heterocycles. The molecule has 186 valence electrons. The molecule has 3 N–H and O–H groups in total. The Bertz CT molecular complexity index is 1220. The van der Waals surface area contributed by atoms with Gasteiger partial charge in [0.15, 0.2) is 5.78 Å². The summed E-state index contributed by atoms with van der Waals surface area (Å²) in [6.07, 6.45) is 2.09. The molecule has 0 bridgehead atoms. The highest BCUT2D eigenvalue weighted by Gasteiger charge is 2.46. The maximum absolute atomic E-state index is 14.6. The Morgan fingerprint density at radius 1 is 1.29 bits per heavy atom. The van der Waals surface area contributed by atoms with Gasteiger partial charge in [-0.1, -0.05) is 23.7 Å². The average Bonchev–Trinajstić information content (AvgIpc) is 3.19. The van der Waals surface area contributed by atoms with Crippen molar-refractivity contribution in [3.63, 3.8) is 0 Å². The molecule has 5 nitrogen and oxygen atoms in total. The predicted octanol–water partition coefficient (Wildman–Crippen LogP) is 5.50. The van der Waals surface area contributed by atoms with E-state index in [1.54, 1.807) is 12.1 Å². The lowest BCUT2D eigenvalue weighted by atomic mass is 9.83. The van der Waals surface area contributed by atoms with Gasteiger partial charge < -0.3 is 11.1 Å². The lowest BCUT2D eigenvalue weighted by Crippen LogP contribution is -2.54. The van der Waals surface area contributed by atoms with E-state index in [9.17, 15) is 22.8 Å². The Morgan fingerprint density at radius 3 is 2.66 bits per heavy atom. The number of hydrogen-bond donors (Lipinski definition) is 2. The largest absolute Gasteiger partial charge is 0.400 e. The van der Waals surface area contributed by atoms with E-state index >= 15 is 0 Å².